The number of imide groups is 1. The van der Waals surface area contributed by atoms with Crippen LogP contribution in [0, 0.1) is 0 Å². The summed E-state index contributed by atoms with van der Waals surface area (Å²) in [6, 6.07) is 13.4. The van der Waals surface area contributed by atoms with Gasteiger partial charge in [-0.3, -0.25) is 14.5 Å². The number of benzene rings is 3. The van der Waals surface area contributed by atoms with E-state index >= 15 is 0 Å². The number of carbonyl (C=O) groups excluding carboxylic acids is 2. The molecule has 0 saturated heterocycles. The molecule has 0 bridgehead atoms. The van der Waals surface area contributed by atoms with Crippen LogP contribution in [0.4, 0.5) is 0 Å². The van der Waals surface area contributed by atoms with Crippen LogP contribution >= 0.6 is 22.6 Å². The Balaban J connectivity index is 1.91. The highest BCUT2D eigenvalue weighted by Gasteiger charge is 2.34. The maximum atomic E-state index is 13.4. The molecule has 0 aliphatic carbocycles. The van der Waals surface area contributed by atoms with Gasteiger partial charge in [0.1, 0.15) is 5.75 Å². The maximum Gasteiger partial charge on any atom is 0.262 e. The van der Waals surface area contributed by atoms with Gasteiger partial charge in [-0.25, -0.2) is 0 Å². The van der Waals surface area contributed by atoms with Crippen molar-refractivity contribution in [2.45, 2.75) is 0 Å². The zero-order valence-electron chi connectivity index (χ0n) is 15.9. The van der Waals surface area contributed by atoms with Gasteiger partial charge in [0.05, 0.1) is 12.7 Å². The van der Waals surface area contributed by atoms with Crippen molar-refractivity contribution < 1.29 is 14.3 Å². The molecule has 0 atom stereocenters. The monoisotopic (exact) mass is 488 g/mol. The highest BCUT2D eigenvalue weighted by molar-refractivity contribution is 14.1. The van der Waals surface area contributed by atoms with Crippen molar-refractivity contribution in [3.8, 4) is 5.75 Å². The first-order chi connectivity index (χ1) is 13.6. The summed E-state index contributed by atoms with van der Waals surface area (Å²) in [7, 11) is 3.61. The molecule has 3 aromatic carbocycles. The number of ether oxygens (including phenoxy) is 1. The van der Waals surface area contributed by atoms with Crippen LogP contribution in [-0.2, 0) is 0 Å². The topological polar surface area (TPSA) is 49.9 Å². The summed E-state index contributed by atoms with van der Waals surface area (Å²) in [5.41, 5.74) is 1.16. The molecule has 2 amide bonds. The lowest BCUT2D eigenvalue weighted by Crippen LogP contribution is -2.44. The summed E-state index contributed by atoms with van der Waals surface area (Å²) in [4.78, 5) is 30.1. The second kappa shape index (κ2) is 7.67. The van der Waals surface area contributed by atoms with E-state index in [-0.39, 0.29) is 11.8 Å². The number of hydrogen-bond acceptors (Lipinski definition) is 4. The van der Waals surface area contributed by atoms with Crippen molar-refractivity contribution in [2.75, 3.05) is 38.2 Å². The average Bonchev–Trinajstić information content (AvgIpc) is 2.70. The fourth-order valence-electron chi connectivity index (χ4n) is 3.83. The summed E-state index contributed by atoms with van der Waals surface area (Å²) < 4.78 is 6.52. The molecule has 0 N–H and O–H groups in total. The molecule has 1 aliphatic rings. The van der Waals surface area contributed by atoms with Gasteiger partial charge in [0.2, 0.25) is 0 Å². The molecule has 1 aliphatic heterocycles. The molecule has 0 aromatic heterocycles. The summed E-state index contributed by atoms with van der Waals surface area (Å²) in [6.45, 7) is 1.95. The minimum Gasteiger partial charge on any atom is -0.496 e. The van der Waals surface area contributed by atoms with Crippen molar-refractivity contribution in [2.24, 2.45) is 0 Å². The third-order valence-corrected chi connectivity index (χ3v) is 5.79. The van der Waals surface area contributed by atoms with E-state index in [2.05, 4.69) is 27.5 Å². The predicted octanol–water partition coefficient (Wildman–Crippen LogP) is 3.96. The van der Waals surface area contributed by atoms with E-state index < -0.39 is 0 Å². The van der Waals surface area contributed by atoms with Gasteiger partial charge in [-0.05, 0) is 36.0 Å². The number of fused-ring (bicyclic) bond motifs is 2. The molecule has 0 radical (unpaired) electrons. The number of hydrogen-bond donors (Lipinski definition) is 0. The zero-order valence-corrected chi connectivity index (χ0v) is 18.0. The van der Waals surface area contributed by atoms with Gasteiger partial charge in [-0.15, -0.1) is 0 Å². The molecule has 4 rings (SSSR count). The van der Waals surface area contributed by atoms with Crippen LogP contribution in [0.15, 0.2) is 42.5 Å². The van der Waals surface area contributed by atoms with Crippen LogP contribution in [0.5, 0.6) is 5.75 Å². The van der Waals surface area contributed by atoms with Crippen LogP contribution in [0.3, 0.4) is 0 Å². The van der Waals surface area contributed by atoms with Gasteiger partial charge in [0.25, 0.3) is 11.8 Å². The number of halogens is 1. The molecule has 0 spiro atoms. The van der Waals surface area contributed by atoms with Crippen LogP contribution in [0.1, 0.15) is 20.7 Å². The van der Waals surface area contributed by atoms with Crippen LogP contribution in [-0.4, -0.2) is 59.8 Å². The SMILES string of the molecule is COc1ccc2c3c(c4ccccc4cc13)C(=O)N(CCN(C)CCI)C2=O. The van der Waals surface area contributed by atoms with Gasteiger partial charge in [0.15, 0.2) is 0 Å². The van der Waals surface area contributed by atoms with Crippen LogP contribution in [0.25, 0.3) is 21.5 Å². The normalized spacial score (nSPS) is 13.8. The fraction of sp³-hybridized carbons (Fsp3) is 0.273. The fourth-order valence-corrected chi connectivity index (χ4v) is 4.66. The van der Waals surface area contributed by atoms with Crippen LogP contribution < -0.4 is 4.74 Å². The Bertz CT molecular complexity index is 1100. The van der Waals surface area contributed by atoms with Crippen LogP contribution in [0.2, 0.25) is 0 Å². The van der Waals surface area contributed by atoms with Gasteiger partial charge < -0.3 is 9.64 Å². The van der Waals surface area contributed by atoms with E-state index in [9.17, 15) is 9.59 Å². The number of methoxy groups -OCH3 is 1. The summed E-state index contributed by atoms with van der Waals surface area (Å²) in [6.07, 6.45) is 0. The molecule has 0 saturated carbocycles. The summed E-state index contributed by atoms with van der Waals surface area (Å²) in [5.74, 6) is 0.209. The quantitative estimate of drug-likeness (QED) is 0.228. The van der Waals surface area contributed by atoms with E-state index in [1.165, 1.54) is 4.90 Å². The Kier molecular flexibility index (Phi) is 5.25. The van der Waals surface area contributed by atoms with E-state index in [0.29, 0.717) is 35.4 Å². The smallest absolute Gasteiger partial charge is 0.262 e. The lowest BCUT2D eigenvalue weighted by atomic mass is 9.89. The molecule has 28 heavy (non-hydrogen) atoms. The average molecular weight is 488 g/mol. The van der Waals surface area contributed by atoms with Gasteiger partial charge in [-0.2, -0.15) is 0 Å². The Hall–Kier alpha value is -2.19. The number of nitrogens with zero attached hydrogens (tertiary/aromatic N) is 2. The Morgan fingerprint density at radius 2 is 1.82 bits per heavy atom. The van der Waals surface area contributed by atoms with Crippen molar-refractivity contribution in [1.82, 2.24) is 9.80 Å². The van der Waals surface area contributed by atoms with Crippen molar-refractivity contribution in [3.63, 3.8) is 0 Å². The van der Waals surface area contributed by atoms with E-state index in [0.717, 1.165) is 27.1 Å². The lowest BCUT2D eigenvalue weighted by molar-refractivity contribution is 0.0600. The van der Waals surface area contributed by atoms with Gasteiger partial charge >= 0.3 is 0 Å². The number of amides is 2. The van der Waals surface area contributed by atoms with Gasteiger partial charge in [0, 0.05) is 40.4 Å². The molecule has 144 valence electrons. The first-order valence-electron chi connectivity index (χ1n) is 9.20. The first kappa shape index (κ1) is 19.1. The molecule has 6 heteroatoms. The predicted molar refractivity (Wildman–Crippen MR) is 120 cm³/mol. The zero-order chi connectivity index (χ0) is 19.8. The Morgan fingerprint density at radius 1 is 1.04 bits per heavy atom. The molecule has 0 fully saturated rings. The molecular weight excluding hydrogens is 467 g/mol. The lowest BCUT2D eigenvalue weighted by Gasteiger charge is -2.30. The first-order valence-corrected chi connectivity index (χ1v) is 10.7. The van der Waals surface area contributed by atoms with Crippen molar-refractivity contribution in [3.05, 3.63) is 53.6 Å². The molecular formula is C22H21IN2O3. The minimum absolute atomic E-state index is 0.226. The molecule has 3 aromatic rings. The number of alkyl halides is 1. The van der Waals surface area contributed by atoms with E-state index in [4.69, 9.17) is 4.74 Å². The minimum atomic E-state index is -0.233. The largest absolute Gasteiger partial charge is 0.496 e. The summed E-state index contributed by atoms with van der Waals surface area (Å²) in [5, 5.41) is 3.33. The molecule has 1 heterocycles. The second-order valence-corrected chi connectivity index (χ2v) is 8.04. The number of rotatable bonds is 6. The van der Waals surface area contributed by atoms with E-state index in [1.54, 1.807) is 13.2 Å². The van der Waals surface area contributed by atoms with E-state index in [1.807, 2.05) is 43.4 Å². The van der Waals surface area contributed by atoms with Gasteiger partial charge in [-0.1, -0.05) is 46.9 Å². The third-order valence-electron chi connectivity index (χ3n) is 5.31. The Labute approximate surface area is 177 Å². The van der Waals surface area contributed by atoms with Crippen molar-refractivity contribution in [1.29, 1.82) is 0 Å². The molecule has 5 nitrogen and oxygen atoms in total. The third kappa shape index (κ3) is 3.04. The number of likely N-dealkylation sites (N-methyl/N-ethyl adjacent to an activating group) is 1. The summed E-state index contributed by atoms with van der Waals surface area (Å²) >= 11 is 2.32. The highest BCUT2D eigenvalue weighted by atomic mass is 127. The maximum absolute atomic E-state index is 13.4. The number of carbonyl (C=O) groups is 2. The molecule has 0 unspecified atom stereocenters. The highest BCUT2D eigenvalue weighted by Crippen LogP contribution is 2.39. The second-order valence-electron chi connectivity index (χ2n) is 6.96. The Morgan fingerprint density at radius 3 is 2.57 bits per heavy atom. The van der Waals surface area contributed by atoms with Crippen molar-refractivity contribution >= 4 is 56.0 Å². The standard InChI is InChI=1S/C22H21IN2O3/c1-24(10-9-23)11-12-25-21(26)16-7-8-18(28-2)17-13-14-5-3-4-6-15(14)20(19(16)17)22(25)27/h3-8,13H,9-12H2,1-2H3.